The van der Waals surface area contributed by atoms with E-state index in [4.69, 9.17) is 0 Å². The van der Waals surface area contributed by atoms with E-state index in [2.05, 4.69) is 23.5 Å². The van der Waals surface area contributed by atoms with E-state index in [1.54, 1.807) is 6.07 Å². The fraction of sp³-hybridized carbons (Fsp3) is 0.316. The molecule has 0 fully saturated rings. The van der Waals surface area contributed by atoms with E-state index in [9.17, 15) is 18.0 Å². The molecule has 25 heavy (non-hydrogen) atoms. The molecule has 0 aliphatic heterocycles. The lowest BCUT2D eigenvalue weighted by molar-refractivity contribution is -0.137. The average molecular weight is 367 g/mol. The first-order valence-corrected chi connectivity index (χ1v) is 8.97. The molecule has 1 N–H and O–H groups in total. The molecule has 2 nitrogen and oxygen atoms in total. The standard InChI is InChI=1S/C19H20F3NOS/c1-13-6-14(2)8-16(7-13)11-25-12-18(24)23-10-15-4-3-5-17(9-15)19(20,21)22/h3-9H,10-12H2,1-2H3,(H,23,24). The van der Waals surface area contributed by atoms with E-state index >= 15 is 0 Å². The van der Waals surface area contributed by atoms with Crippen molar-refractivity contribution in [2.24, 2.45) is 0 Å². The van der Waals surface area contributed by atoms with Crippen LogP contribution < -0.4 is 5.32 Å². The van der Waals surface area contributed by atoms with E-state index < -0.39 is 11.7 Å². The van der Waals surface area contributed by atoms with Crippen LogP contribution in [0, 0.1) is 13.8 Å². The van der Waals surface area contributed by atoms with Crippen molar-refractivity contribution in [2.45, 2.75) is 32.3 Å². The molecule has 0 aliphatic carbocycles. The van der Waals surface area contributed by atoms with Gasteiger partial charge in [-0.25, -0.2) is 0 Å². The normalized spacial score (nSPS) is 11.4. The van der Waals surface area contributed by atoms with Gasteiger partial charge >= 0.3 is 6.18 Å². The second kappa shape index (κ2) is 8.43. The number of alkyl halides is 3. The summed E-state index contributed by atoms with van der Waals surface area (Å²) in [6, 6.07) is 11.3. The van der Waals surface area contributed by atoms with Crippen LogP contribution in [-0.2, 0) is 23.3 Å². The highest BCUT2D eigenvalue weighted by atomic mass is 32.2. The van der Waals surface area contributed by atoms with E-state index in [1.807, 2.05) is 13.8 Å². The van der Waals surface area contributed by atoms with Gasteiger partial charge in [0.05, 0.1) is 11.3 Å². The van der Waals surface area contributed by atoms with Gasteiger partial charge in [-0.2, -0.15) is 13.2 Å². The Kier molecular flexibility index (Phi) is 6.53. The first-order valence-electron chi connectivity index (χ1n) is 7.82. The zero-order valence-corrected chi connectivity index (χ0v) is 14.9. The average Bonchev–Trinajstić information content (AvgIpc) is 2.51. The Hall–Kier alpha value is -1.95. The molecule has 0 aromatic heterocycles. The molecule has 0 saturated heterocycles. The van der Waals surface area contributed by atoms with Gasteiger partial charge in [-0.05, 0) is 37.1 Å². The van der Waals surface area contributed by atoms with Gasteiger partial charge in [-0.15, -0.1) is 11.8 Å². The number of rotatable bonds is 6. The molecule has 2 aromatic carbocycles. The molecule has 0 bridgehead atoms. The molecular formula is C19H20F3NOS. The number of thioether (sulfide) groups is 1. The zero-order valence-electron chi connectivity index (χ0n) is 14.1. The number of hydrogen-bond donors (Lipinski definition) is 1. The molecule has 0 saturated carbocycles. The molecule has 0 heterocycles. The third-order valence-electron chi connectivity index (χ3n) is 3.53. The second-order valence-corrected chi connectivity index (χ2v) is 6.95. The van der Waals surface area contributed by atoms with Gasteiger partial charge in [0.15, 0.2) is 0 Å². The highest BCUT2D eigenvalue weighted by molar-refractivity contribution is 7.99. The van der Waals surface area contributed by atoms with Crippen molar-refractivity contribution in [1.29, 1.82) is 0 Å². The quantitative estimate of drug-likeness (QED) is 0.789. The number of halogens is 3. The molecule has 0 atom stereocenters. The van der Waals surface area contributed by atoms with Crippen molar-refractivity contribution in [3.63, 3.8) is 0 Å². The monoisotopic (exact) mass is 367 g/mol. The molecule has 0 aliphatic rings. The van der Waals surface area contributed by atoms with Crippen LogP contribution in [0.15, 0.2) is 42.5 Å². The Labute approximate surface area is 149 Å². The number of carbonyl (C=O) groups excluding carboxylic acids is 1. The van der Waals surface area contributed by atoms with Crippen molar-refractivity contribution < 1.29 is 18.0 Å². The molecular weight excluding hydrogens is 347 g/mol. The van der Waals surface area contributed by atoms with E-state index in [1.165, 1.54) is 29.0 Å². The van der Waals surface area contributed by atoms with E-state index in [-0.39, 0.29) is 18.2 Å². The maximum atomic E-state index is 12.7. The van der Waals surface area contributed by atoms with Crippen LogP contribution >= 0.6 is 11.8 Å². The van der Waals surface area contributed by atoms with E-state index in [0.717, 1.165) is 23.4 Å². The van der Waals surface area contributed by atoms with Crippen LogP contribution in [-0.4, -0.2) is 11.7 Å². The topological polar surface area (TPSA) is 29.1 Å². The maximum absolute atomic E-state index is 12.7. The number of amides is 1. The Morgan fingerprint density at radius 1 is 1.04 bits per heavy atom. The van der Waals surface area contributed by atoms with Crippen LogP contribution in [0.3, 0.4) is 0 Å². The molecule has 6 heteroatoms. The van der Waals surface area contributed by atoms with Crippen molar-refractivity contribution in [3.05, 3.63) is 70.3 Å². The minimum atomic E-state index is -4.37. The van der Waals surface area contributed by atoms with Gasteiger partial charge in [0.25, 0.3) is 0 Å². The summed E-state index contributed by atoms with van der Waals surface area (Å²) in [5, 5.41) is 2.66. The van der Waals surface area contributed by atoms with Gasteiger partial charge in [-0.3, -0.25) is 4.79 Å². The minimum absolute atomic E-state index is 0.0901. The number of benzene rings is 2. The number of nitrogens with one attached hydrogen (secondary N) is 1. The predicted octanol–water partition coefficient (Wildman–Crippen LogP) is 4.87. The zero-order chi connectivity index (χ0) is 18.4. The molecule has 1 amide bonds. The van der Waals surface area contributed by atoms with Crippen LogP contribution in [0.4, 0.5) is 13.2 Å². The van der Waals surface area contributed by atoms with Crippen molar-refractivity contribution >= 4 is 17.7 Å². The molecule has 2 aromatic rings. The number of hydrogen-bond acceptors (Lipinski definition) is 2. The molecule has 2 rings (SSSR count). The summed E-state index contributed by atoms with van der Waals surface area (Å²) in [6.07, 6.45) is -4.37. The summed E-state index contributed by atoms with van der Waals surface area (Å²) in [7, 11) is 0. The minimum Gasteiger partial charge on any atom is -0.351 e. The summed E-state index contributed by atoms with van der Waals surface area (Å²) in [6.45, 7) is 4.15. The summed E-state index contributed by atoms with van der Waals surface area (Å²) >= 11 is 1.48. The lowest BCUT2D eigenvalue weighted by atomic mass is 10.1. The molecule has 0 radical (unpaired) electrons. The van der Waals surface area contributed by atoms with Gasteiger partial charge in [0.2, 0.25) is 5.91 Å². The fourth-order valence-corrected chi connectivity index (χ4v) is 3.32. The Morgan fingerprint density at radius 3 is 2.36 bits per heavy atom. The third-order valence-corrected chi connectivity index (χ3v) is 4.53. The Bertz CT molecular complexity index is 723. The number of aryl methyl sites for hydroxylation is 2. The Morgan fingerprint density at radius 2 is 1.72 bits per heavy atom. The Balaban J connectivity index is 1.79. The maximum Gasteiger partial charge on any atom is 0.416 e. The highest BCUT2D eigenvalue weighted by Crippen LogP contribution is 2.29. The molecule has 134 valence electrons. The van der Waals surface area contributed by atoms with Crippen LogP contribution in [0.1, 0.15) is 27.8 Å². The lowest BCUT2D eigenvalue weighted by Gasteiger charge is -2.10. The van der Waals surface area contributed by atoms with Gasteiger partial charge in [0, 0.05) is 12.3 Å². The number of carbonyl (C=O) groups is 1. The highest BCUT2D eigenvalue weighted by Gasteiger charge is 2.30. The van der Waals surface area contributed by atoms with Crippen molar-refractivity contribution in [1.82, 2.24) is 5.32 Å². The fourth-order valence-electron chi connectivity index (χ4n) is 2.52. The molecule has 0 spiro atoms. The van der Waals surface area contributed by atoms with E-state index in [0.29, 0.717) is 5.56 Å². The first-order chi connectivity index (χ1) is 11.7. The van der Waals surface area contributed by atoms with Gasteiger partial charge in [-0.1, -0.05) is 41.5 Å². The van der Waals surface area contributed by atoms with Crippen LogP contribution in [0.2, 0.25) is 0 Å². The van der Waals surface area contributed by atoms with Gasteiger partial charge in [0.1, 0.15) is 0 Å². The summed E-state index contributed by atoms with van der Waals surface area (Å²) < 4.78 is 38.0. The van der Waals surface area contributed by atoms with Crippen LogP contribution in [0.25, 0.3) is 0 Å². The lowest BCUT2D eigenvalue weighted by Crippen LogP contribution is -2.24. The van der Waals surface area contributed by atoms with Crippen molar-refractivity contribution in [3.8, 4) is 0 Å². The largest absolute Gasteiger partial charge is 0.416 e. The first kappa shape index (κ1) is 19.4. The smallest absolute Gasteiger partial charge is 0.351 e. The summed E-state index contributed by atoms with van der Waals surface area (Å²) in [5.41, 5.74) is 3.26. The summed E-state index contributed by atoms with van der Waals surface area (Å²) in [4.78, 5) is 11.9. The van der Waals surface area contributed by atoms with Crippen LogP contribution in [0.5, 0.6) is 0 Å². The third kappa shape index (κ3) is 6.46. The van der Waals surface area contributed by atoms with Gasteiger partial charge < -0.3 is 5.32 Å². The second-order valence-electron chi connectivity index (χ2n) is 5.96. The molecule has 0 unspecified atom stereocenters. The summed E-state index contributed by atoms with van der Waals surface area (Å²) in [5.74, 6) is 0.803. The van der Waals surface area contributed by atoms with Crippen molar-refractivity contribution in [2.75, 3.05) is 5.75 Å². The predicted molar refractivity (Wildman–Crippen MR) is 95.4 cm³/mol. The SMILES string of the molecule is Cc1cc(C)cc(CSCC(=O)NCc2cccc(C(F)(F)F)c2)c1.